The van der Waals surface area contributed by atoms with Crippen molar-refractivity contribution in [2.45, 2.75) is 6.54 Å². The van der Waals surface area contributed by atoms with Gasteiger partial charge < -0.3 is 10.8 Å². The minimum absolute atomic E-state index is 0.0565. The van der Waals surface area contributed by atoms with Crippen LogP contribution in [0.5, 0.6) is 0 Å². The van der Waals surface area contributed by atoms with Crippen molar-refractivity contribution >= 4 is 27.8 Å². The zero-order chi connectivity index (χ0) is 12.7. The normalized spacial score (nSPS) is 11.4. The van der Waals surface area contributed by atoms with Gasteiger partial charge in [-0.05, 0) is 18.2 Å². The van der Waals surface area contributed by atoms with Gasteiger partial charge in [-0.15, -0.1) is 0 Å². The Kier molecular flexibility index (Phi) is 2.38. The predicted molar refractivity (Wildman–Crippen MR) is 66.5 cm³/mol. The van der Waals surface area contributed by atoms with Crippen molar-refractivity contribution in [1.29, 1.82) is 0 Å². The van der Waals surface area contributed by atoms with Crippen LogP contribution in [-0.2, 0) is 6.54 Å². The van der Waals surface area contributed by atoms with Crippen LogP contribution in [0.3, 0.4) is 0 Å². The minimum Gasteiger partial charge on any atom is -0.394 e. The molecule has 0 saturated carbocycles. The Morgan fingerprint density at radius 3 is 2.94 bits per heavy atom. The Balaban J connectivity index is 2.35. The molecule has 0 spiro atoms. The van der Waals surface area contributed by atoms with E-state index in [2.05, 4.69) is 10.1 Å². The third-order valence-electron chi connectivity index (χ3n) is 2.82. The molecule has 6 heteroatoms. The molecule has 3 rings (SSSR count). The average molecular weight is 246 g/mol. The highest BCUT2D eigenvalue weighted by molar-refractivity contribution is 5.96. The molecule has 5 nitrogen and oxygen atoms in total. The van der Waals surface area contributed by atoms with E-state index < -0.39 is 0 Å². The monoisotopic (exact) mass is 246 g/mol. The van der Waals surface area contributed by atoms with Crippen molar-refractivity contribution in [3.05, 3.63) is 30.1 Å². The van der Waals surface area contributed by atoms with Gasteiger partial charge in [-0.2, -0.15) is 5.10 Å². The molecule has 0 radical (unpaired) electrons. The smallest absolute Gasteiger partial charge is 0.160 e. The number of aliphatic hydroxyl groups excluding tert-OH is 1. The van der Waals surface area contributed by atoms with Gasteiger partial charge in [0.25, 0.3) is 0 Å². The molecule has 0 unspecified atom stereocenters. The summed E-state index contributed by atoms with van der Waals surface area (Å²) in [6.45, 7) is 0.251. The Bertz CT molecular complexity index is 738. The number of aliphatic hydroxyl groups is 1. The van der Waals surface area contributed by atoms with Gasteiger partial charge in [-0.3, -0.25) is 0 Å². The van der Waals surface area contributed by atoms with E-state index in [-0.39, 0.29) is 12.4 Å². The number of nitrogens with two attached hydrogens (primary N) is 1. The summed E-state index contributed by atoms with van der Waals surface area (Å²) in [5, 5.41) is 14.6. The van der Waals surface area contributed by atoms with Gasteiger partial charge in [0.05, 0.1) is 24.1 Å². The van der Waals surface area contributed by atoms with Gasteiger partial charge in [0.2, 0.25) is 0 Å². The van der Waals surface area contributed by atoms with Crippen molar-refractivity contribution in [3.63, 3.8) is 0 Å². The number of rotatable bonds is 2. The quantitative estimate of drug-likeness (QED) is 0.714. The van der Waals surface area contributed by atoms with Crippen molar-refractivity contribution in [3.8, 4) is 0 Å². The molecule has 1 aromatic carbocycles. The lowest BCUT2D eigenvalue weighted by atomic mass is 10.2. The summed E-state index contributed by atoms with van der Waals surface area (Å²) in [7, 11) is 0. The summed E-state index contributed by atoms with van der Waals surface area (Å²) in [4.78, 5) is 4.35. The van der Waals surface area contributed by atoms with E-state index in [0.717, 1.165) is 5.39 Å². The topological polar surface area (TPSA) is 77.0 Å². The Labute approximate surface area is 102 Å². The van der Waals surface area contributed by atoms with Gasteiger partial charge in [0, 0.05) is 11.5 Å². The number of benzene rings is 1. The highest BCUT2D eigenvalue weighted by Crippen LogP contribution is 2.24. The first-order chi connectivity index (χ1) is 8.69. The predicted octanol–water partition coefficient (Wildman–Crippen LogP) is 1.30. The fraction of sp³-hybridized carbons (Fsp3) is 0.167. The molecule has 92 valence electrons. The van der Waals surface area contributed by atoms with E-state index in [1.807, 2.05) is 6.07 Å². The summed E-state index contributed by atoms with van der Waals surface area (Å²) in [5.74, 6) is 0.0210. The number of nitrogens with zero attached hydrogens (tertiary/aromatic N) is 3. The average Bonchev–Trinajstić information content (AvgIpc) is 2.64. The molecule has 2 aromatic heterocycles. The van der Waals surface area contributed by atoms with E-state index in [1.54, 1.807) is 6.07 Å². The summed E-state index contributed by atoms with van der Waals surface area (Å²) >= 11 is 0. The number of nitrogen functional groups attached to an aromatic ring is 1. The zero-order valence-electron chi connectivity index (χ0n) is 9.47. The Morgan fingerprint density at radius 2 is 2.17 bits per heavy atom. The van der Waals surface area contributed by atoms with Crippen LogP contribution in [0.25, 0.3) is 21.9 Å². The number of aromatic nitrogens is 3. The Morgan fingerprint density at radius 1 is 1.33 bits per heavy atom. The first-order valence-electron chi connectivity index (χ1n) is 5.52. The molecule has 0 amide bonds. The molecule has 0 fully saturated rings. The van der Waals surface area contributed by atoms with Crippen molar-refractivity contribution in [1.82, 2.24) is 14.8 Å². The molecule has 0 bridgehead atoms. The van der Waals surface area contributed by atoms with Crippen LogP contribution in [0.4, 0.5) is 10.2 Å². The summed E-state index contributed by atoms with van der Waals surface area (Å²) < 4.78 is 14.7. The summed E-state index contributed by atoms with van der Waals surface area (Å²) in [6.07, 6.45) is 0. The van der Waals surface area contributed by atoms with Gasteiger partial charge >= 0.3 is 0 Å². The molecule has 0 aliphatic carbocycles. The largest absolute Gasteiger partial charge is 0.394 e. The van der Waals surface area contributed by atoms with Crippen molar-refractivity contribution in [2.75, 3.05) is 12.3 Å². The maximum Gasteiger partial charge on any atom is 0.160 e. The maximum absolute atomic E-state index is 13.2. The number of fused-ring (bicyclic) bond motifs is 2. The number of pyridine rings is 1. The molecular weight excluding hydrogens is 235 g/mol. The fourth-order valence-corrected chi connectivity index (χ4v) is 2.00. The van der Waals surface area contributed by atoms with E-state index in [1.165, 1.54) is 16.8 Å². The number of hydrogen-bond donors (Lipinski definition) is 2. The molecule has 18 heavy (non-hydrogen) atoms. The molecule has 3 N–H and O–H groups in total. The van der Waals surface area contributed by atoms with E-state index in [9.17, 15) is 4.39 Å². The lowest BCUT2D eigenvalue weighted by molar-refractivity contribution is 0.271. The second-order valence-electron chi connectivity index (χ2n) is 4.03. The van der Waals surface area contributed by atoms with Crippen LogP contribution in [-0.4, -0.2) is 26.5 Å². The second-order valence-corrected chi connectivity index (χ2v) is 4.03. The molecule has 0 atom stereocenters. The molecule has 0 saturated heterocycles. The first-order valence-corrected chi connectivity index (χ1v) is 5.52. The van der Waals surface area contributed by atoms with Crippen LogP contribution in [0.1, 0.15) is 0 Å². The fourth-order valence-electron chi connectivity index (χ4n) is 2.00. The SMILES string of the molecule is Nc1nn(CCO)c2nc3cc(F)ccc3cc12. The van der Waals surface area contributed by atoms with Crippen LogP contribution in [0.2, 0.25) is 0 Å². The highest BCUT2D eigenvalue weighted by atomic mass is 19.1. The molecule has 2 heterocycles. The van der Waals surface area contributed by atoms with Gasteiger partial charge in [0.1, 0.15) is 5.82 Å². The maximum atomic E-state index is 13.2. The highest BCUT2D eigenvalue weighted by Gasteiger charge is 2.11. The zero-order valence-corrected chi connectivity index (χ0v) is 9.47. The van der Waals surface area contributed by atoms with Crippen LogP contribution < -0.4 is 5.73 Å². The third kappa shape index (κ3) is 1.58. The van der Waals surface area contributed by atoms with Crippen LogP contribution in [0.15, 0.2) is 24.3 Å². The van der Waals surface area contributed by atoms with Crippen LogP contribution >= 0.6 is 0 Å². The van der Waals surface area contributed by atoms with E-state index >= 15 is 0 Å². The standard InChI is InChI=1S/C12H11FN4O/c13-8-2-1-7-5-9-11(14)16-17(3-4-18)12(9)15-10(7)6-8/h1-2,5-6,18H,3-4H2,(H2,14,16). The van der Waals surface area contributed by atoms with Crippen molar-refractivity contribution < 1.29 is 9.50 Å². The lowest BCUT2D eigenvalue weighted by Crippen LogP contribution is -2.05. The first kappa shape index (κ1) is 10.9. The van der Waals surface area contributed by atoms with Crippen LogP contribution in [0, 0.1) is 5.82 Å². The van der Waals surface area contributed by atoms with Gasteiger partial charge in [-0.1, -0.05) is 0 Å². The summed E-state index contributed by atoms with van der Waals surface area (Å²) in [5.41, 5.74) is 6.90. The van der Waals surface area contributed by atoms with Gasteiger partial charge in [-0.25, -0.2) is 14.1 Å². The molecular formula is C12H11FN4O. The minimum atomic E-state index is -0.337. The second kappa shape index (κ2) is 3.92. The molecule has 3 aromatic rings. The number of halogens is 1. The Hall–Kier alpha value is -2.21. The molecule has 0 aliphatic rings. The third-order valence-corrected chi connectivity index (χ3v) is 2.82. The van der Waals surface area contributed by atoms with Gasteiger partial charge in [0.15, 0.2) is 11.5 Å². The number of hydrogen-bond acceptors (Lipinski definition) is 4. The van der Waals surface area contributed by atoms with Crippen molar-refractivity contribution in [2.24, 2.45) is 0 Å². The summed E-state index contributed by atoms with van der Waals surface area (Å²) in [6, 6.07) is 6.22. The lowest BCUT2D eigenvalue weighted by Gasteiger charge is -2.01. The van der Waals surface area contributed by atoms with E-state index in [0.29, 0.717) is 28.9 Å². The number of anilines is 1. The molecule has 0 aliphatic heterocycles. The van der Waals surface area contributed by atoms with E-state index in [4.69, 9.17) is 10.8 Å².